The van der Waals surface area contributed by atoms with Crippen molar-refractivity contribution in [2.75, 3.05) is 0 Å². The van der Waals surface area contributed by atoms with Crippen molar-refractivity contribution >= 4 is 0 Å². The molecule has 0 bridgehead atoms. The zero-order chi connectivity index (χ0) is 13.7. The Morgan fingerprint density at radius 3 is 2.63 bits per heavy atom. The number of nitrogens with two attached hydrogens (primary N) is 1. The van der Waals surface area contributed by atoms with Crippen LogP contribution in [0.4, 0.5) is 0 Å². The maximum atomic E-state index is 5.84. The second-order valence-corrected chi connectivity index (χ2v) is 5.73. The summed E-state index contributed by atoms with van der Waals surface area (Å²) in [6, 6.07) is 4.41. The van der Waals surface area contributed by atoms with E-state index in [1.165, 1.54) is 37.7 Å². The molecular weight excluding hydrogens is 234 g/mol. The van der Waals surface area contributed by atoms with E-state index in [9.17, 15) is 0 Å². The molecule has 1 aromatic rings. The molecule has 1 aromatic heterocycles. The Morgan fingerprint density at radius 2 is 2.05 bits per heavy atom. The first-order chi connectivity index (χ1) is 9.30. The fourth-order valence-electron chi connectivity index (χ4n) is 3.40. The van der Waals surface area contributed by atoms with Gasteiger partial charge < -0.3 is 0 Å². The van der Waals surface area contributed by atoms with E-state index in [0.29, 0.717) is 5.92 Å². The van der Waals surface area contributed by atoms with E-state index in [0.717, 1.165) is 18.0 Å². The van der Waals surface area contributed by atoms with Crippen molar-refractivity contribution in [2.45, 2.75) is 58.4 Å². The SMILES string of the molecule is CCc1cccnc1C(NN)C1CCC(CC)CC1. The zero-order valence-electron chi connectivity index (χ0n) is 12.2. The highest BCUT2D eigenvalue weighted by molar-refractivity contribution is 5.23. The number of nitrogens with one attached hydrogen (secondary N) is 1. The molecule has 19 heavy (non-hydrogen) atoms. The van der Waals surface area contributed by atoms with Gasteiger partial charge in [0.25, 0.3) is 0 Å². The third-order valence-corrected chi connectivity index (χ3v) is 4.72. The molecule has 1 aliphatic carbocycles. The van der Waals surface area contributed by atoms with E-state index in [4.69, 9.17) is 5.84 Å². The molecule has 0 aromatic carbocycles. The summed E-state index contributed by atoms with van der Waals surface area (Å²) in [5, 5.41) is 0. The van der Waals surface area contributed by atoms with Gasteiger partial charge in [-0.2, -0.15) is 0 Å². The van der Waals surface area contributed by atoms with Gasteiger partial charge in [-0.3, -0.25) is 16.3 Å². The number of pyridine rings is 1. The summed E-state index contributed by atoms with van der Waals surface area (Å²) in [6.07, 6.45) is 9.45. The van der Waals surface area contributed by atoms with Crippen LogP contribution in [0.5, 0.6) is 0 Å². The third-order valence-electron chi connectivity index (χ3n) is 4.72. The summed E-state index contributed by atoms with van der Waals surface area (Å²) in [5.74, 6) is 7.39. The normalized spacial score (nSPS) is 25.2. The lowest BCUT2D eigenvalue weighted by Gasteiger charge is -2.33. The van der Waals surface area contributed by atoms with Gasteiger partial charge in [-0.25, -0.2) is 0 Å². The Balaban J connectivity index is 2.12. The Labute approximate surface area is 117 Å². The predicted molar refractivity (Wildman–Crippen MR) is 79.4 cm³/mol. The summed E-state index contributed by atoms with van der Waals surface area (Å²) in [7, 11) is 0. The molecule has 2 rings (SSSR count). The molecule has 1 atom stereocenters. The number of hydrogen-bond donors (Lipinski definition) is 2. The fourth-order valence-corrected chi connectivity index (χ4v) is 3.40. The first-order valence-electron chi connectivity index (χ1n) is 7.70. The van der Waals surface area contributed by atoms with E-state index in [-0.39, 0.29) is 6.04 Å². The molecule has 0 aliphatic heterocycles. The van der Waals surface area contributed by atoms with E-state index < -0.39 is 0 Å². The van der Waals surface area contributed by atoms with Crippen molar-refractivity contribution < 1.29 is 0 Å². The molecule has 0 amide bonds. The van der Waals surface area contributed by atoms with Gasteiger partial charge in [0.1, 0.15) is 0 Å². The third kappa shape index (κ3) is 3.34. The molecule has 0 spiro atoms. The van der Waals surface area contributed by atoms with E-state index in [1.54, 1.807) is 0 Å². The van der Waals surface area contributed by atoms with E-state index in [2.05, 4.69) is 30.3 Å². The van der Waals surface area contributed by atoms with Crippen molar-refractivity contribution in [2.24, 2.45) is 17.7 Å². The predicted octanol–water partition coefficient (Wildman–Crippen LogP) is 3.36. The molecule has 1 aliphatic rings. The van der Waals surface area contributed by atoms with Gasteiger partial charge >= 0.3 is 0 Å². The zero-order valence-corrected chi connectivity index (χ0v) is 12.2. The largest absolute Gasteiger partial charge is 0.271 e. The number of hydrazine groups is 1. The van der Waals surface area contributed by atoms with Crippen molar-refractivity contribution in [3.05, 3.63) is 29.6 Å². The summed E-state index contributed by atoms with van der Waals surface area (Å²) in [4.78, 5) is 4.59. The maximum absolute atomic E-state index is 5.84. The van der Waals surface area contributed by atoms with Crippen LogP contribution in [0.15, 0.2) is 18.3 Å². The Bertz CT molecular complexity index is 383. The lowest BCUT2D eigenvalue weighted by Crippen LogP contribution is -2.36. The monoisotopic (exact) mass is 261 g/mol. The van der Waals surface area contributed by atoms with Crippen LogP contribution in [-0.4, -0.2) is 4.98 Å². The summed E-state index contributed by atoms with van der Waals surface area (Å²) in [6.45, 7) is 4.49. The lowest BCUT2D eigenvalue weighted by molar-refractivity contribution is 0.216. The molecule has 1 heterocycles. The fraction of sp³-hybridized carbons (Fsp3) is 0.688. The van der Waals surface area contributed by atoms with Crippen LogP contribution in [-0.2, 0) is 6.42 Å². The lowest BCUT2D eigenvalue weighted by atomic mass is 9.76. The molecular formula is C16H27N3. The highest BCUT2D eigenvalue weighted by Crippen LogP contribution is 2.37. The highest BCUT2D eigenvalue weighted by atomic mass is 15.2. The van der Waals surface area contributed by atoms with Gasteiger partial charge in [0, 0.05) is 6.20 Å². The van der Waals surface area contributed by atoms with E-state index in [1.807, 2.05) is 12.3 Å². The highest BCUT2D eigenvalue weighted by Gasteiger charge is 2.29. The average molecular weight is 261 g/mol. The van der Waals surface area contributed by atoms with Crippen molar-refractivity contribution in [3.8, 4) is 0 Å². The Morgan fingerprint density at radius 1 is 1.32 bits per heavy atom. The van der Waals surface area contributed by atoms with Gasteiger partial charge in [-0.05, 0) is 42.7 Å². The number of hydrogen-bond acceptors (Lipinski definition) is 3. The second kappa shape index (κ2) is 7.01. The molecule has 3 N–H and O–H groups in total. The molecule has 0 radical (unpaired) electrons. The molecule has 0 saturated heterocycles. The molecule has 3 nitrogen and oxygen atoms in total. The summed E-state index contributed by atoms with van der Waals surface area (Å²) < 4.78 is 0. The van der Waals surface area contributed by atoms with Gasteiger partial charge in [0.2, 0.25) is 0 Å². The van der Waals surface area contributed by atoms with Crippen molar-refractivity contribution in [1.29, 1.82) is 0 Å². The Hall–Kier alpha value is -0.930. The van der Waals surface area contributed by atoms with Crippen LogP contribution in [0.1, 0.15) is 63.3 Å². The van der Waals surface area contributed by atoms with Gasteiger partial charge in [-0.1, -0.05) is 39.2 Å². The molecule has 1 unspecified atom stereocenters. The first kappa shape index (κ1) is 14.5. The number of nitrogens with zero attached hydrogens (tertiary/aromatic N) is 1. The summed E-state index contributed by atoms with van der Waals surface area (Å²) in [5.41, 5.74) is 5.52. The number of aromatic nitrogens is 1. The molecule has 3 heteroatoms. The van der Waals surface area contributed by atoms with Crippen LogP contribution in [0.2, 0.25) is 0 Å². The number of aryl methyl sites for hydroxylation is 1. The van der Waals surface area contributed by atoms with Gasteiger partial charge in [0.15, 0.2) is 0 Å². The van der Waals surface area contributed by atoms with Crippen LogP contribution in [0, 0.1) is 11.8 Å². The van der Waals surface area contributed by atoms with Gasteiger partial charge in [-0.15, -0.1) is 0 Å². The van der Waals surface area contributed by atoms with Gasteiger partial charge in [0.05, 0.1) is 11.7 Å². The van der Waals surface area contributed by atoms with Crippen LogP contribution in [0.25, 0.3) is 0 Å². The molecule has 106 valence electrons. The standard InChI is InChI=1S/C16H27N3/c1-3-12-7-9-14(10-8-12)16(19-17)15-13(4-2)6-5-11-18-15/h5-6,11-12,14,16,19H,3-4,7-10,17H2,1-2H3. The van der Waals surface area contributed by atoms with Crippen LogP contribution >= 0.6 is 0 Å². The minimum atomic E-state index is 0.217. The minimum Gasteiger partial charge on any atom is -0.271 e. The molecule has 1 fully saturated rings. The smallest absolute Gasteiger partial charge is 0.0663 e. The van der Waals surface area contributed by atoms with E-state index >= 15 is 0 Å². The van der Waals surface area contributed by atoms with Crippen molar-refractivity contribution in [3.63, 3.8) is 0 Å². The average Bonchev–Trinajstić information content (AvgIpc) is 2.49. The summed E-state index contributed by atoms with van der Waals surface area (Å²) >= 11 is 0. The van der Waals surface area contributed by atoms with Crippen LogP contribution < -0.4 is 11.3 Å². The topological polar surface area (TPSA) is 50.9 Å². The quantitative estimate of drug-likeness (QED) is 0.631. The van der Waals surface area contributed by atoms with Crippen molar-refractivity contribution in [1.82, 2.24) is 10.4 Å². The number of rotatable bonds is 5. The van der Waals surface area contributed by atoms with Crippen LogP contribution in [0.3, 0.4) is 0 Å². The minimum absolute atomic E-state index is 0.217. The maximum Gasteiger partial charge on any atom is 0.0663 e. The second-order valence-electron chi connectivity index (χ2n) is 5.73. The first-order valence-corrected chi connectivity index (χ1v) is 7.70. The Kier molecular flexibility index (Phi) is 5.34. The molecule has 1 saturated carbocycles.